The van der Waals surface area contributed by atoms with Gasteiger partial charge in [-0.3, -0.25) is 0 Å². The summed E-state index contributed by atoms with van der Waals surface area (Å²) in [6.07, 6.45) is -2.53. The number of aliphatic carboxylic acids is 1. The minimum absolute atomic E-state index is 0.0276. The van der Waals surface area contributed by atoms with Crippen LogP contribution in [-0.2, 0) is 24.7 Å². The number of anilines is 1. The summed E-state index contributed by atoms with van der Waals surface area (Å²) in [4.78, 5) is 37.2. The molecule has 0 bridgehead atoms. The molecule has 0 radical (unpaired) electrons. The number of hydrogen-bond acceptors (Lipinski definition) is 10. The Bertz CT molecular complexity index is 2290. The van der Waals surface area contributed by atoms with Crippen molar-refractivity contribution in [3.63, 3.8) is 0 Å². The fourth-order valence-electron chi connectivity index (χ4n) is 6.39. The van der Waals surface area contributed by atoms with Crippen LogP contribution in [0, 0.1) is 0 Å². The summed E-state index contributed by atoms with van der Waals surface area (Å²) in [5.74, 6) is -3.35. The highest BCUT2D eigenvalue weighted by Crippen LogP contribution is 2.41. The second-order valence-corrected chi connectivity index (χ2v) is 13.5. The Morgan fingerprint density at radius 1 is 0.643 bits per heavy atom. The molecule has 1 heterocycles. The lowest BCUT2D eigenvalue weighted by Gasteiger charge is -2.36. The number of benzene rings is 6. The number of ether oxygens (including phenoxy) is 1. The van der Waals surface area contributed by atoms with Gasteiger partial charge in [0.2, 0.25) is 11.8 Å². The number of phenolic OH excluding ortho intramolecular Hbond substituents is 2. The number of nitrogens with zero attached hydrogens (tertiary/aromatic N) is 2. The van der Waals surface area contributed by atoms with Crippen molar-refractivity contribution >= 4 is 34.1 Å². The highest BCUT2D eigenvalue weighted by Gasteiger charge is 2.37. The molecule has 0 fully saturated rings. The van der Waals surface area contributed by atoms with Gasteiger partial charge in [0.25, 0.3) is 0 Å². The predicted octanol–water partition coefficient (Wildman–Crippen LogP) is 8.84. The van der Waals surface area contributed by atoms with E-state index in [9.17, 15) is 24.9 Å². The molecule has 1 unspecified atom stereocenters. The molecule has 0 spiro atoms. The maximum atomic E-state index is 14.0. The number of hydrogen-bond donors (Lipinski definition) is 4. The Labute approximate surface area is 326 Å². The molecule has 0 aliphatic carbocycles. The van der Waals surface area contributed by atoms with Crippen LogP contribution in [0.1, 0.15) is 51.3 Å². The zero-order valence-electron chi connectivity index (χ0n) is 29.7. The van der Waals surface area contributed by atoms with Crippen molar-refractivity contribution in [2.24, 2.45) is 5.16 Å². The molecule has 0 aliphatic rings. The summed E-state index contributed by atoms with van der Waals surface area (Å²) in [7, 11) is 0. The molecule has 0 aliphatic heterocycles. The van der Waals surface area contributed by atoms with Crippen molar-refractivity contribution in [2.45, 2.75) is 17.7 Å². The number of aromatic nitrogens is 1. The van der Waals surface area contributed by atoms with Gasteiger partial charge in [0.1, 0.15) is 11.2 Å². The van der Waals surface area contributed by atoms with Crippen LogP contribution in [0.4, 0.5) is 5.13 Å². The monoisotopic (exact) mass is 761 g/mol. The first kappa shape index (κ1) is 37.1. The minimum Gasteiger partial charge on any atom is -0.504 e. The molecule has 10 nitrogen and oxygen atoms in total. The molecule has 56 heavy (non-hydrogen) atoms. The van der Waals surface area contributed by atoms with Crippen LogP contribution in [0.2, 0.25) is 0 Å². The van der Waals surface area contributed by atoms with Crippen LogP contribution in [0.5, 0.6) is 11.5 Å². The van der Waals surface area contributed by atoms with Gasteiger partial charge in [0.05, 0.1) is 0 Å². The molecular weight excluding hydrogens is 727 g/mol. The van der Waals surface area contributed by atoms with Gasteiger partial charge in [-0.25, -0.2) is 14.6 Å². The van der Waals surface area contributed by atoms with Gasteiger partial charge in [-0.15, -0.1) is 11.3 Å². The largest absolute Gasteiger partial charge is 0.504 e. The van der Waals surface area contributed by atoms with E-state index >= 15 is 0 Å². The van der Waals surface area contributed by atoms with Gasteiger partial charge < -0.3 is 30.2 Å². The van der Waals surface area contributed by atoms with E-state index in [4.69, 9.17) is 9.57 Å². The molecule has 6 aromatic carbocycles. The van der Waals surface area contributed by atoms with Gasteiger partial charge in [-0.2, -0.15) is 0 Å². The number of aromatic hydroxyl groups is 2. The molecule has 11 heteroatoms. The van der Waals surface area contributed by atoms with Crippen molar-refractivity contribution in [2.75, 3.05) is 5.32 Å². The van der Waals surface area contributed by atoms with Crippen LogP contribution in [-0.4, -0.2) is 38.0 Å². The average molecular weight is 762 g/mol. The first-order valence-corrected chi connectivity index (χ1v) is 18.4. The Balaban J connectivity index is 1.25. The molecule has 0 saturated heterocycles. The third-order valence-electron chi connectivity index (χ3n) is 9.07. The van der Waals surface area contributed by atoms with E-state index in [1.54, 1.807) is 0 Å². The van der Waals surface area contributed by atoms with E-state index in [1.807, 2.05) is 152 Å². The van der Waals surface area contributed by atoms with Crippen LogP contribution in [0.15, 0.2) is 180 Å². The third-order valence-corrected chi connectivity index (χ3v) is 9.83. The zero-order chi connectivity index (χ0) is 38.9. The number of carbonyl (C=O) groups excluding carboxylic acids is 1. The second kappa shape index (κ2) is 16.8. The van der Waals surface area contributed by atoms with E-state index in [1.165, 1.54) is 28.8 Å². The molecule has 4 N–H and O–H groups in total. The fraction of sp³-hybridized carbons (Fsp3) is 0.0667. The zero-order valence-corrected chi connectivity index (χ0v) is 30.5. The SMILES string of the molecule is O=C(O)C(=NOC(C(=O)OC(c1ccccc1)c1ccccc1)c1ccc(O)c(O)c1)c1csc(NC(c2ccccc2)(c2ccccc2)c2ccccc2)n1. The lowest BCUT2D eigenvalue weighted by Crippen LogP contribution is -2.38. The van der Waals surface area contributed by atoms with Crippen molar-refractivity contribution in [1.29, 1.82) is 0 Å². The van der Waals surface area contributed by atoms with E-state index in [0.717, 1.165) is 22.8 Å². The molecule has 7 aromatic rings. The summed E-state index contributed by atoms with van der Waals surface area (Å²) in [5.41, 5.74) is 2.63. The van der Waals surface area contributed by atoms with E-state index in [-0.39, 0.29) is 11.3 Å². The normalized spacial score (nSPS) is 12.1. The summed E-state index contributed by atoms with van der Waals surface area (Å²) in [6, 6.07) is 51.4. The van der Waals surface area contributed by atoms with Crippen molar-refractivity contribution in [3.8, 4) is 11.5 Å². The predicted molar refractivity (Wildman–Crippen MR) is 214 cm³/mol. The van der Waals surface area contributed by atoms with Gasteiger partial charge in [0, 0.05) is 10.9 Å². The molecule has 7 rings (SSSR count). The van der Waals surface area contributed by atoms with Crippen molar-refractivity contribution < 1.29 is 34.5 Å². The number of nitrogens with one attached hydrogen (secondary N) is 1. The third kappa shape index (κ3) is 7.98. The van der Waals surface area contributed by atoms with E-state index in [2.05, 4.69) is 15.5 Å². The highest BCUT2D eigenvalue weighted by atomic mass is 32.1. The lowest BCUT2D eigenvalue weighted by atomic mass is 9.77. The Morgan fingerprint density at radius 2 is 1.12 bits per heavy atom. The number of carbonyl (C=O) groups is 2. The Hall–Kier alpha value is -7.24. The van der Waals surface area contributed by atoms with E-state index < -0.39 is 46.9 Å². The lowest BCUT2D eigenvalue weighted by molar-refractivity contribution is -0.162. The molecular formula is C45H35N3O7S. The summed E-state index contributed by atoms with van der Waals surface area (Å²) >= 11 is 1.18. The number of thiazole rings is 1. The van der Waals surface area contributed by atoms with Crippen molar-refractivity contribution in [1.82, 2.24) is 4.98 Å². The summed E-state index contributed by atoms with van der Waals surface area (Å²) in [6.45, 7) is 0. The minimum atomic E-state index is -1.66. The molecule has 278 valence electrons. The topological polar surface area (TPSA) is 151 Å². The number of esters is 1. The molecule has 0 saturated carbocycles. The highest BCUT2D eigenvalue weighted by molar-refractivity contribution is 7.14. The molecule has 1 atom stereocenters. The Morgan fingerprint density at radius 3 is 1.59 bits per heavy atom. The first-order chi connectivity index (χ1) is 27.3. The smallest absolute Gasteiger partial charge is 0.360 e. The number of carboxylic acids is 1. The molecule has 0 amide bonds. The van der Waals surface area contributed by atoms with Crippen LogP contribution < -0.4 is 5.32 Å². The molecule has 1 aromatic heterocycles. The van der Waals surface area contributed by atoms with E-state index in [0.29, 0.717) is 16.3 Å². The number of oxime groups is 1. The van der Waals surface area contributed by atoms with Crippen molar-refractivity contribution in [3.05, 3.63) is 214 Å². The van der Waals surface area contributed by atoms with Gasteiger partial charge in [0.15, 0.2) is 22.7 Å². The van der Waals surface area contributed by atoms with Crippen LogP contribution in [0.3, 0.4) is 0 Å². The number of rotatable bonds is 14. The fourth-order valence-corrected chi connectivity index (χ4v) is 7.14. The number of carboxylic acid groups (broad SMARTS) is 1. The van der Waals surface area contributed by atoms with Crippen LogP contribution in [0.25, 0.3) is 0 Å². The first-order valence-electron chi connectivity index (χ1n) is 17.5. The maximum absolute atomic E-state index is 14.0. The quantitative estimate of drug-likeness (QED) is 0.0280. The average Bonchev–Trinajstić information content (AvgIpc) is 3.71. The maximum Gasteiger partial charge on any atom is 0.360 e. The Kier molecular flexibility index (Phi) is 11.2. The summed E-state index contributed by atoms with van der Waals surface area (Å²) in [5, 5.41) is 40.3. The second-order valence-electron chi connectivity index (χ2n) is 12.6. The van der Waals surface area contributed by atoms with Crippen LogP contribution >= 0.6 is 11.3 Å². The van der Waals surface area contributed by atoms with Gasteiger partial charge in [-0.1, -0.05) is 163 Å². The summed E-state index contributed by atoms with van der Waals surface area (Å²) < 4.78 is 6.04. The van der Waals surface area contributed by atoms with Gasteiger partial charge in [-0.05, 0) is 39.9 Å². The van der Waals surface area contributed by atoms with Gasteiger partial charge >= 0.3 is 11.9 Å². The number of phenols is 2. The standard InChI is InChI=1S/C45H35N3O7S/c49-37-27-26-32(28-38(37)50)41(43(53)54-40(30-16-6-1-7-17-30)31-18-8-2-9-19-31)55-48-39(42(51)52)36-29-56-44(46-36)47-45(33-20-10-3-11-21-33,34-22-12-4-13-23-34)35-24-14-5-15-25-35/h1-29,40-41,49-50H,(H,46,47)(H,51,52).